The van der Waals surface area contributed by atoms with Gasteiger partial charge in [0.05, 0.1) is 6.61 Å². The van der Waals surface area contributed by atoms with Gasteiger partial charge in [0.15, 0.2) is 0 Å². The Bertz CT molecular complexity index is 824. The molecule has 0 spiro atoms. The molecule has 0 saturated carbocycles. The fourth-order valence-corrected chi connectivity index (χ4v) is 2.24. The molecule has 0 aliphatic rings. The first kappa shape index (κ1) is 18.4. The minimum atomic E-state index is -0.501. The number of amides is 1. The summed E-state index contributed by atoms with van der Waals surface area (Å²) in [7, 11) is 0. The maximum absolute atomic E-state index is 12.2. The zero-order valence-corrected chi connectivity index (χ0v) is 14.7. The lowest BCUT2D eigenvalue weighted by atomic mass is 10.2. The summed E-state index contributed by atoms with van der Waals surface area (Å²) < 4.78 is 5.35. The molecule has 2 N–H and O–H groups in total. The molecule has 0 atom stereocenters. The summed E-state index contributed by atoms with van der Waals surface area (Å²) in [4.78, 5) is 12.2. The van der Waals surface area contributed by atoms with Gasteiger partial charge in [0.2, 0.25) is 0 Å². The number of ether oxygens (including phenoxy) is 1. The van der Waals surface area contributed by atoms with Crippen LogP contribution in [0.1, 0.15) is 12.5 Å². The number of halogens is 1. The van der Waals surface area contributed by atoms with Crippen molar-refractivity contribution >= 4 is 28.9 Å². The van der Waals surface area contributed by atoms with Crippen LogP contribution in [0.5, 0.6) is 5.75 Å². The predicted molar refractivity (Wildman–Crippen MR) is 99.7 cm³/mol. The van der Waals surface area contributed by atoms with Crippen LogP contribution in [-0.2, 0) is 4.79 Å². The molecule has 2 rings (SSSR count). The van der Waals surface area contributed by atoms with Crippen molar-refractivity contribution in [1.29, 1.82) is 5.26 Å². The fourth-order valence-electron chi connectivity index (χ4n) is 2.06. The summed E-state index contributed by atoms with van der Waals surface area (Å²) in [5.41, 5.74) is 2.10. The predicted octanol–water partition coefficient (Wildman–Crippen LogP) is 4.51. The van der Waals surface area contributed by atoms with Crippen LogP contribution in [-0.4, -0.2) is 12.5 Å². The van der Waals surface area contributed by atoms with Gasteiger partial charge in [-0.3, -0.25) is 4.79 Å². The van der Waals surface area contributed by atoms with Crippen LogP contribution in [0.15, 0.2) is 54.2 Å². The van der Waals surface area contributed by atoms with Crippen LogP contribution in [0.2, 0.25) is 5.02 Å². The van der Waals surface area contributed by atoms with E-state index in [1.165, 1.54) is 6.20 Å². The largest absolute Gasteiger partial charge is 0.494 e. The molecule has 0 fully saturated rings. The van der Waals surface area contributed by atoms with Gasteiger partial charge >= 0.3 is 0 Å². The lowest BCUT2D eigenvalue weighted by Crippen LogP contribution is -2.14. The minimum Gasteiger partial charge on any atom is -0.494 e. The fraction of sp³-hybridized carbons (Fsp3) is 0.158. The second-order valence-electron chi connectivity index (χ2n) is 5.14. The Kier molecular flexibility index (Phi) is 6.44. The van der Waals surface area contributed by atoms with Crippen LogP contribution in [0.25, 0.3) is 0 Å². The highest BCUT2D eigenvalue weighted by molar-refractivity contribution is 6.31. The van der Waals surface area contributed by atoms with Gasteiger partial charge in [0.1, 0.15) is 17.4 Å². The number of carbonyl (C=O) groups is 1. The van der Waals surface area contributed by atoms with Crippen LogP contribution >= 0.6 is 11.6 Å². The number of hydrogen-bond donors (Lipinski definition) is 2. The van der Waals surface area contributed by atoms with Crippen LogP contribution in [0.4, 0.5) is 11.4 Å². The molecule has 128 valence electrons. The van der Waals surface area contributed by atoms with Gasteiger partial charge in [-0.1, -0.05) is 17.7 Å². The summed E-state index contributed by atoms with van der Waals surface area (Å²) in [5, 5.41) is 15.5. The second kappa shape index (κ2) is 8.76. The molecule has 6 heteroatoms. The number of nitrogens with zero attached hydrogens (tertiary/aromatic N) is 1. The molecule has 25 heavy (non-hydrogen) atoms. The van der Waals surface area contributed by atoms with Crippen molar-refractivity contribution in [2.24, 2.45) is 0 Å². The van der Waals surface area contributed by atoms with E-state index in [4.69, 9.17) is 16.3 Å². The molecular weight excluding hydrogens is 338 g/mol. The van der Waals surface area contributed by atoms with Crippen molar-refractivity contribution in [3.05, 3.63) is 64.8 Å². The Hall–Kier alpha value is -2.97. The van der Waals surface area contributed by atoms with Crippen molar-refractivity contribution in [1.82, 2.24) is 0 Å². The highest BCUT2D eigenvalue weighted by atomic mass is 35.5. The summed E-state index contributed by atoms with van der Waals surface area (Å²) in [6, 6.07) is 14.2. The van der Waals surface area contributed by atoms with E-state index in [-0.39, 0.29) is 5.57 Å². The first-order valence-electron chi connectivity index (χ1n) is 7.71. The summed E-state index contributed by atoms with van der Waals surface area (Å²) in [5.74, 6) is 0.216. The Balaban J connectivity index is 2.07. The standard InChI is InChI=1S/C19H18ClN3O2/c1-3-25-16-9-7-15(8-10-16)23-19(24)14(11-21)12-22-18-6-4-5-17(20)13(18)2/h4-10,12,22H,3H2,1-2H3,(H,23,24)/b14-12-. The van der Waals surface area contributed by atoms with E-state index in [0.717, 1.165) is 17.0 Å². The summed E-state index contributed by atoms with van der Waals surface area (Å²) >= 11 is 6.05. The molecule has 0 unspecified atom stereocenters. The van der Waals surface area contributed by atoms with Crippen molar-refractivity contribution < 1.29 is 9.53 Å². The lowest BCUT2D eigenvalue weighted by molar-refractivity contribution is -0.112. The van der Waals surface area contributed by atoms with Crippen LogP contribution < -0.4 is 15.4 Å². The van der Waals surface area contributed by atoms with Gasteiger partial charge in [-0.2, -0.15) is 5.26 Å². The number of carbonyl (C=O) groups excluding carboxylic acids is 1. The van der Waals surface area contributed by atoms with Crippen molar-refractivity contribution in [2.75, 3.05) is 17.2 Å². The lowest BCUT2D eigenvalue weighted by Gasteiger charge is -2.08. The zero-order valence-electron chi connectivity index (χ0n) is 14.0. The molecule has 0 heterocycles. The molecule has 1 amide bonds. The summed E-state index contributed by atoms with van der Waals surface area (Å²) in [6.45, 7) is 4.32. The molecule has 0 aliphatic carbocycles. The van der Waals surface area contributed by atoms with E-state index in [0.29, 0.717) is 17.3 Å². The third-order valence-corrected chi connectivity index (χ3v) is 3.84. The normalized spacial score (nSPS) is 10.7. The molecule has 2 aromatic carbocycles. The maximum atomic E-state index is 12.2. The molecule has 0 radical (unpaired) electrons. The monoisotopic (exact) mass is 355 g/mol. The maximum Gasteiger partial charge on any atom is 0.267 e. The molecular formula is C19H18ClN3O2. The number of anilines is 2. The highest BCUT2D eigenvalue weighted by Gasteiger charge is 2.10. The summed E-state index contributed by atoms with van der Waals surface area (Å²) in [6.07, 6.45) is 1.36. The van der Waals surface area contributed by atoms with E-state index < -0.39 is 5.91 Å². The molecule has 5 nitrogen and oxygen atoms in total. The van der Waals surface area contributed by atoms with Crippen LogP contribution in [0, 0.1) is 18.3 Å². The smallest absolute Gasteiger partial charge is 0.267 e. The number of nitriles is 1. The van der Waals surface area contributed by atoms with Gasteiger partial charge in [-0.05, 0) is 55.8 Å². The Morgan fingerprint density at radius 3 is 2.64 bits per heavy atom. The van der Waals surface area contributed by atoms with Gasteiger partial charge in [0.25, 0.3) is 5.91 Å². The highest BCUT2D eigenvalue weighted by Crippen LogP contribution is 2.23. The number of benzene rings is 2. The van der Waals surface area contributed by atoms with Gasteiger partial charge < -0.3 is 15.4 Å². The average molecular weight is 356 g/mol. The minimum absolute atomic E-state index is 0.0479. The Morgan fingerprint density at radius 1 is 1.28 bits per heavy atom. The Morgan fingerprint density at radius 2 is 2.00 bits per heavy atom. The van der Waals surface area contributed by atoms with E-state index in [1.54, 1.807) is 36.4 Å². The van der Waals surface area contributed by atoms with Crippen LogP contribution in [0.3, 0.4) is 0 Å². The van der Waals surface area contributed by atoms with Gasteiger partial charge in [-0.15, -0.1) is 0 Å². The molecule has 0 saturated heterocycles. The molecule has 2 aromatic rings. The molecule has 0 bridgehead atoms. The second-order valence-corrected chi connectivity index (χ2v) is 5.55. The van der Waals surface area contributed by atoms with Crippen molar-refractivity contribution in [2.45, 2.75) is 13.8 Å². The third kappa shape index (κ3) is 5.00. The van der Waals surface area contributed by atoms with Gasteiger partial charge in [-0.25, -0.2) is 0 Å². The third-order valence-electron chi connectivity index (χ3n) is 3.43. The first-order valence-corrected chi connectivity index (χ1v) is 8.09. The SMILES string of the molecule is CCOc1ccc(NC(=O)/C(C#N)=C\Nc2cccc(Cl)c2C)cc1. The van der Waals surface area contributed by atoms with Crippen molar-refractivity contribution in [3.63, 3.8) is 0 Å². The van der Waals surface area contributed by atoms with E-state index in [9.17, 15) is 10.1 Å². The van der Waals surface area contributed by atoms with E-state index >= 15 is 0 Å². The number of hydrogen-bond acceptors (Lipinski definition) is 4. The quantitative estimate of drug-likeness (QED) is 0.590. The number of nitrogens with one attached hydrogen (secondary N) is 2. The molecule has 0 aliphatic heterocycles. The van der Waals surface area contributed by atoms with Crippen molar-refractivity contribution in [3.8, 4) is 11.8 Å². The zero-order chi connectivity index (χ0) is 18.2. The van der Waals surface area contributed by atoms with Gasteiger partial charge in [0, 0.05) is 22.6 Å². The number of rotatable bonds is 6. The van der Waals surface area contributed by atoms with E-state index in [2.05, 4.69) is 10.6 Å². The average Bonchev–Trinajstić information content (AvgIpc) is 2.61. The topological polar surface area (TPSA) is 74.1 Å². The molecule has 0 aromatic heterocycles. The first-order chi connectivity index (χ1) is 12.0. The van der Waals surface area contributed by atoms with E-state index in [1.807, 2.05) is 26.0 Å². The Labute approximate surface area is 151 Å².